The van der Waals surface area contributed by atoms with Gasteiger partial charge in [0.05, 0.1) is 25.9 Å². The lowest BCUT2D eigenvalue weighted by atomic mass is 10.0. The maximum Gasteiger partial charge on any atom is 0.336 e. The van der Waals surface area contributed by atoms with E-state index in [9.17, 15) is 14.7 Å². The number of carbonyl (C=O) groups is 2. The van der Waals surface area contributed by atoms with Crippen LogP contribution in [0.1, 0.15) is 45.4 Å². The Labute approximate surface area is 131 Å². The van der Waals surface area contributed by atoms with Crippen molar-refractivity contribution in [2.45, 2.75) is 63.8 Å². The van der Waals surface area contributed by atoms with Gasteiger partial charge in [0.25, 0.3) is 0 Å². The van der Waals surface area contributed by atoms with Crippen molar-refractivity contribution in [1.82, 2.24) is 0 Å². The second-order valence-electron chi connectivity index (χ2n) is 5.41. The third-order valence-corrected chi connectivity index (χ3v) is 3.71. The molecule has 6 heteroatoms. The standard InChI is InChI=1S/C16H26O6/c1-4-5-6-7-8-9-12(17)15-14(22-15)11(16(19)21-3)10-13(18)20-2/h10,12,14-15,17H,4-9H2,1-3H3. The Morgan fingerprint density at radius 3 is 2.45 bits per heavy atom. The van der Waals surface area contributed by atoms with E-state index < -0.39 is 30.3 Å². The summed E-state index contributed by atoms with van der Waals surface area (Å²) in [5, 5.41) is 10.1. The maximum absolute atomic E-state index is 11.7. The molecular weight excluding hydrogens is 288 g/mol. The van der Waals surface area contributed by atoms with Gasteiger partial charge in [-0.1, -0.05) is 39.0 Å². The zero-order valence-electron chi connectivity index (χ0n) is 13.5. The Morgan fingerprint density at radius 1 is 1.18 bits per heavy atom. The van der Waals surface area contributed by atoms with Gasteiger partial charge in [-0.2, -0.15) is 0 Å². The summed E-state index contributed by atoms with van der Waals surface area (Å²) in [4.78, 5) is 23.0. The Balaban J connectivity index is 2.47. The lowest BCUT2D eigenvalue weighted by Crippen LogP contribution is -2.21. The molecule has 1 aliphatic rings. The van der Waals surface area contributed by atoms with Crippen LogP contribution in [0.15, 0.2) is 11.6 Å². The van der Waals surface area contributed by atoms with Crippen molar-refractivity contribution in [2.24, 2.45) is 0 Å². The molecule has 0 aliphatic carbocycles. The summed E-state index contributed by atoms with van der Waals surface area (Å²) in [6.45, 7) is 2.15. The molecule has 6 nitrogen and oxygen atoms in total. The molecule has 1 aliphatic heterocycles. The second-order valence-corrected chi connectivity index (χ2v) is 5.41. The summed E-state index contributed by atoms with van der Waals surface area (Å²) >= 11 is 0. The molecule has 1 N–H and O–H groups in total. The monoisotopic (exact) mass is 314 g/mol. The number of methoxy groups -OCH3 is 2. The molecule has 1 heterocycles. The molecule has 1 rings (SSSR count). The van der Waals surface area contributed by atoms with Crippen LogP contribution in [0.25, 0.3) is 0 Å². The maximum atomic E-state index is 11.7. The number of epoxide rings is 1. The van der Waals surface area contributed by atoms with Crippen LogP contribution >= 0.6 is 0 Å². The van der Waals surface area contributed by atoms with Crippen LogP contribution in [0.4, 0.5) is 0 Å². The van der Waals surface area contributed by atoms with Crippen LogP contribution in [0.3, 0.4) is 0 Å². The number of esters is 2. The van der Waals surface area contributed by atoms with Crippen LogP contribution in [-0.2, 0) is 23.8 Å². The van der Waals surface area contributed by atoms with Crippen LogP contribution in [0, 0.1) is 0 Å². The van der Waals surface area contributed by atoms with Crippen molar-refractivity contribution in [3.05, 3.63) is 11.6 Å². The second kappa shape index (κ2) is 9.58. The van der Waals surface area contributed by atoms with E-state index in [4.69, 9.17) is 4.74 Å². The zero-order chi connectivity index (χ0) is 16.5. The predicted molar refractivity (Wildman–Crippen MR) is 80.2 cm³/mol. The molecule has 0 aromatic carbocycles. The molecule has 0 aromatic heterocycles. The summed E-state index contributed by atoms with van der Waals surface area (Å²) < 4.78 is 14.5. The number of aliphatic hydroxyl groups excluding tert-OH is 1. The number of rotatable bonds is 10. The average molecular weight is 314 g/mol. The fourth-order valence-electron chi connectivity index (χ4n) is 2.35. The molecule has 0 bridgehead atoms. The largest absolute Gasteiger partial charge is 0.466 e. The average Bonchev–Trinajstić information content (AvgIpc) is 3.31. The minimum Gasteiger partial charge on any atom is -0.466 e. The van der Waals surface area contributed by atoms with Crippen molar-refractivity contribution in [2.75, 3.05) is 14.2 Å². The van der Waals surface area contributed by atoms with Gasteiger partial charge in [0, 0.05) is 6.08 Å². The highest BCUT2D eigenvalue weighted by Crippen LogP contribution is 2.34. The molecule has 0 radical (unpaired) electrons. The van der Waals surface area contributed by atoms with Gasteiger partial charge in [0.2, 0.25) is 0 Å². The molecule has 1 fully saturated rings. The van der Waals surface area contributed by atoms with E-state index in [-0.39, 0.29) is 5.57 Å². The number of ether oxygens (including phenoxy) is 3. The summed E-state index contributed by atoms with van der Waals surface area (Å²) in [5.41, 5.74) is 0.0874. The fourth-order valence-corrected chi connectivity index (χ4v) is 2.35. The first-order valence-corrected chi connectivity index (χ1v) is 7.76. The Morgan fingerprint density at radius 2 is 1.86 bits per heavy atom. The molecule has 3 atom stereocenters. The third-order valence-electron chi connectivity index (χ3n) is 3.71. The van der Waals surface area contributed by atoms with Crippen molar-refractivity contribution >= 4 is 11.9 Å². The highest BCUT2D eigenvalue weighted by molar-refractivity contribution is 5.97. The molecule has 3 unspecified atom stereocenters. The first-order valence-electron chi connectivity index (χ1n) is 7.76. The predicted octanol–water partition coefficient (Wildman–Crippen LogP) is 1.75. The third kappa shape index (κ3) is 5.77. The van der Waals surface area contributed by atoms with Crippen LogP contribution < -0.4 is 0 Å². The quantitative estimate of drug-likeness (QED) is 0.286. The van der Waals surface area contributed by atoms with E-state index in [1.165, 1.54) is 27.1 Å². The van der Waals surface area contributed by atoms with E-state index in [0.717, 1.165) is 25.3 Å². The Bertz CT molecular complexity index is 403. The molecular formula is C16H26O6. The molecule has 0 aromatic rings. The molecule has 0 spiro atoms. The molecule has 0 amide bonds. The van der Waals surface area contributed by atoms with Crippen molar-refractivity contribution in [3.8, 4) is 0 Å². The Kier molecular flexibility index (Phi) is 8.12. The van der Waals surface area contributed by atoms with Crippen LogP contribution in [0.5, 0.6) is 0 Å². The first-order chi connectivity index (χ1) is 10.5. The molecule has 126 valence electrons. The van der Waals surface area contributed by atoms with Crippen LogP contribution in [-0.4, -0.2) is 49.6 Å². The highest BCUT2D eigenvalue weighted by Gasteiger charge is 2.49. The summed E-state index contributed by atoms with van der Waals surface area (Å²) in [6.07, 6.45) is 5.52. The number of carbonyl (C=O) groups excluding carboxylic acids is 2. The SMILES string of the molecule is CCCCCCCC(O)C1OC1C(=CC(=O)OC)C(=O)OC. The number of hydrogen-bond acceptors (Lipinski definition) is 6. The van der Waals surface area contributed by atoms with Crippen molar-refractivity contribution < 1.29 is 28.9 Å². The van der Waals surface area contributed by atoms with E-state index in [0.29, 0.717) is 6.42 Å². The van der Waals surface area contributed by atoms with Crippen molar-refractivity contribution in [3.63, 3.8) is 0 Å². The number of unbranched alkanes of at least 4 members (excludes halogenated alkanes) is 4. The van der Waals surface area contributed by atoms with Gasteiger partial charge >= 0.3 is 11.9 Å². The van der Waals surface area contributed by atoms with E-state index in [2.05, 4.69) is 16.4 Å². The fraction of sp³-hybridized carbons (Fsp3) is 0.750. The summed E-state index contributed by atoms with van der Waals surface area (Å²) in [7, 11) is 2.46. The van der Waals surface area contributed by atoms with E-state index in [1.807, 2.05) is 0 Å². The number of aliphatic hydroxyl groups is 1. The van der Waals surface area contributed by atoms with Gasteiger partial charge in [0.15, 0.2) is 0 Å². The smallest absolute Gasteiger partial charge is 0.336 e. The zero-order valence-corrected chi connectivity index (χ0v) is 13.5. The van der Waals surface area contributed by atoms with Crippen LogP contribution in [0.2, 0.25) is 0 Å². The minimum absolute atomic E-state index is 0.0874. The lowest BCUT2D eigenvalue weighted by Gasteiger charge is -2.08. The topological polar surface area (TPSA) is 85.4 Å². The van der Waals surface area contributed by atoms with Crippen molar-refractivity contribution in [1.29, 1.82) is 0 Å². The minimum atomic E-state index is -0.649. The normalized spacial score (nSPS) is 22.1. The number of hydrogen-bond donors (Lipinski definition) is 1. The van der Waals surface area contributed by atoms with Gasteiger partial charge in [-0.25, -0.2) is 9.59 Å². The van der Waals surface area contributed by atoms with Gasteiger partial charge in [-0.15, -0.1) is 0 Å². The molecule has 0 saturated carbocycles. The van der Waals surface area contributed by atoms with Gasteiger partial charge in [-0.05, 0) is 6.42 Å². The van der Waals surface area contributed by atoms with E-state index in [1.54, 1.807) is 0 Å². The van der Waals surface area contributed by atoms with E-state index >= 15 is 0 Å². The van der Waals surface area contributed by atoms with Gasteiger partial charge in [-0.3, -0.25) is 0 Å². The lowest BCUT2D eigenvalue weighted by molar-refractivity contribution is -0.138. The highest BCUT2D eigenvalue weighted by atomic mass is 16.6. The van der Waals surface area contributed by atoms with Gasteiger partial charge in [0.1, 0.15) is 12.2 Å². The van der Waals surface area contributed by atoms with Gasteiger partial charge < -0.3 is 19.3 Å². The summed E-state index contributed by atoms with van der Waals surface area (Å²) in [5.74, 6) is -1.29. The molecule has 1 saturated heterocycles. The summed E-state index contributed by atoms with van der Waals surface area (Å²) in [6, 6.07) is 0. The Hall–Kier alpha value is -1.40. The first kappa shape index (κ1) is 18.6. The molecule has 22 heavy (non-hydrogen) atoms.